The molecule has 1 heterocycles. The highest BCUT2D eigenvalue weighted by Gasteiger charge is 2.25. The number of benzene rings is 2. The Labute approximate surface area is 143 Å². The molecule has 3 rings (SSSR count). The summed E-state index contributed by atoms with van der Waals surface area (Å²) in [5.41, 5.74) is 2.33. The van der Waals surface area contributed by atoms with Crippen LogP contribution >= 0.6 is 0 Å². The number of para-hydroxylation sites is 1. The molecule has 0 aliphatic carbocycles. The maximum atomic E-state index is 12.0. The van der Waals surface area contributed by atoms with E-state index in [9.17, 15) is 4.79 Å². The molecule has 0 bridgehead atoms. The van der Waals surface area contributed by atoms with E-state index in [1.165, 1.54) is 5.56 Å². The van der Waals surface area contributed by atoms with Gasteiger partial charge in [0.15, 0.2) is 0 Å². The Balaban J connectivity index is 1.67. The standard InChI is InChI=1S/C20H24N2O2/c1-16-7-5-6-10-19(16)24-14-13-22-12-11-21-20(23)15-18(22)17-8-3-2-4-9-17/h2-10,18H,11-15H2,1H3,(H,21,23)/t18-/m1/s1. The zero-order valence-electron chi connectivity index (χ0n) is 14.1. The molecule has 1 atom stereocenters. The lowest BCUT2D eigenvalue weighted by Crippen LogP contribution is -2.34. The van der Waals surface area contributed by atoms with Crippen LogP contribution in [-0.4, -0.2) is 37.0 Å². The molecule has 0 unspecified atom stereocenters. The highest BCUT2D eigenvalue weighted by atomic mass is 16.5. The van der Waals surface area contributed by atoms with Gasteiger partial charge in [-0.2, -0.15) is 0 Å². The van der Waals surface area contributed by atoms with E-state index in [1.54, 1.807) is 0 Å². The van der Waals surface area contributed by atoms with Crippen molar-refractivity contribution in [2.75, 3.05) is 26.2 Å². The van der Waals surface area contributed by atoms with Crippen LogP contribution in [0.2, 0.25) is 0 Å². The summed E-state index contributed by atoms with van der Waals surface area (Å²) in [5.74, 6) is 1.05. The Morgan fingerprint density at radius 3 is 2.67 bits per heavy atom. The summed E-state index contributed by atoms with van der Waals surface area (Å²) >= 11 is 0. The number of ether oxygens (including phenoxy) is 1. The summed E-state index contributed by atoms with van der Waals surface area (Å²) in [7, 11) is 0. The fourth-order valence-corrected chi connectivity index (χ4v) is 3.13. The molecule has 1 amide bonds. The van der Waals surface area contributed by atoms with Crippen molar-refractivity contribution in [2.45, 2.75) is 19.4 Å². The zero-order valence-corrected chi connectivity index (χ0v) is 14.1. The normalized spacial score (nSPS) is 18.7. The quantitative estimate of drug-likeness (QED) is 0.919. The molecular weight excluding hydrogens is 300 g/mol. The molecule has 24 heavy (non-hydrogen) atoms. The first-order chi connectivity index (χ1) is 11.7. The SMILES string of the molecule is Cc1ccccc1OCCN1CCNC(=O)C[C@@H]1c1ccccc1. The van der Waals surface area contributed by atoms with Gasteiger partial charge in [-0.15, -0.1) is 0 Å². The van der Waals surface area contributed by atoms with E-state index in [4.69, 9.17) is 4.74 Å². The van der Waals surface area contributed by atoms with E-state index in [2.05, 4.69) is 35.3 Å². The summed E-state index contributed by atoms with van der Waals surface area (Å²) in [6, 6.07) is 18.4. The van der Waals surface area contributed by atoms with E-state index < -0.39 is 0 Å². The Morgan fingerprint density at radius 1 is 1.12 bits per heavy atom. The molecule has 4 heteroatoms. The van der Waals surface area contributed by atoms with E-state index in [0.29, 0.717) is 19.6 Å². The molecule has 2 aromatic rings. The lowest BCUT2D eigenvalue weighted by Gasteiger charge is -2.29. The minimum absolute atomic E-state index is 0.106. The van der Waals surface area contributed by atoms with Gasteiger partial charge in [0.2, 0.25) is 5.91 Å². The Bertz CT molecular complexity index is 672. The topological polar surface area (TPSA) is 41.6 Å². The number of rotatable bonds is 5. The highest BCUT2D eigenvalue weighted by molar-refractivity contribution is 5.77. The van der Waals surface area contributed by atoms with E-state index in [0.717, 1.165) is 24.4 Å². The smallest absolute Gasteiger partial charge is 0.221 e. The van der Waals surface area contributed by atoms with Crippen molar-refractivity contribution in [1.29, 1.82) is 0 Å². The fourth-order valence-electron chi connectivity index (χ4n) is 3.13. The maximum Gasteiger partial charge on any atom is 0.221 e. The van der Waals surface area contributed by atoms with Crippen LogP contribution in [0.1, 0.15) is 23.6 Å². The molecule has 1 fully saturated rings. The van der Waals surface area contributed by atoms with Gasteiger partial charge in [-0.1, -0.05) is 48.5 Å². The highest BCUT2D eigenvalue weighted by Crippen LogP contribution is 2.25. The van der Waals surface area contributed by atoms with Crippen LogP contribution < -0.4 is 10.1 Å². The van der Waals surface area contributed by atoms with Crippen LogP contribution in [0.4, 0.5) is 0 Å². The van der Waals surface area contributed by atoms with E-state index in [-0.39, 0.29) is 11.9 Å². The third-order valence-corrected chi connectivity index (χ3v) is 4.45. The summed E-state index contributed by atoms with van der Waals surface area (Å²) in [5, 5.41) is 2.97. The van der Waals surface area contributed by atoms with Gasteiger partial charge < -0.3 is 10.1 Å². The number of nitrogens with zero attached hydrogens (tertiary/aromatic N) is 1. The predicted octanol–water partition coefficient (Wildman–Crippen LogP) is 2.94. The van der Waals surface area contributed by atoms with Crippen LogP contribution in [0.3, 0.4) is 0 Å². The first-order valence-corrected chi connectivity index (χ1v) is 8.48. The lowest BCUT2D eigenvalue weighted by atomic mass is 10.0. The van der Waals surface area contributed by atoms with Crippen molar-refractivity contribution in [3.63, 3.8) is 0 Å². The van der Waals surface area contributed by atoms with Crippen LogP contribution in [0, 0.1) is 6.92 Å². The molecule has 1 N–H and O–H groups in total. The second-order valence-corrected chi connectivity index (χ2v) is 6.13. The number of carbonyl (C=O) groups excluding carboxylic acids is 1. The van der Waals surface area contributed by atoms with Gasteiger partial charge in [-0.25, -0.2) is 0 Å². The fraction of sp³-hybridized carbons (Fsp3) is 0.350. The van der Waals surface area contributed by atoms with Gasteiger partial charge in [-0.3, -0.25) is 9.69 Å². The van der Waals surface area contributed by atoms with Crippen LogP contribution in [0.15, 0.2) is 54.6 Å². The average molecular weight is 324 g/mol. The van der Waals surface area contributed by atoms with Gasteiger partial charge in [-0.05, 0) is 24.1 Å². The van der Waals surface area contributed by atoms with Gasteiger partial charge in [0.25, 0.3) is 0 Å². The third kappa shape index (κ3) is 4.15. The van der Waals surface area contributed by atoms with Gasteiger partial charge >= 0.3 is 0 Å². The minimum Gasteiger partial charge on any atom is -0.492 e. The Morgan fingerprint density at radius 2 is 1.88 bits per heavy atom. The third-order valence-electron chi connectivity index (χ3n) is 4.45. The molecule has 0 spiro atoms. The molecule has 126 valence electrons. The van der Waals surface area contributed by atoms with Crippen molar-refractivity contribution in [2.24, 2.45) is 0 Å². The predicted molar refractivity (Wildman–Crippen MR) is 95.1 cm³/mol. The van der Waals surface area contributed by atoms with Crippen molar-refractivity contribution < 1.29 is 9.53 Å². The second kappa shape index (κ2) is 7.97. The van der Waals surface area contributed by atoms with Crippen LogP contribution in [-0.2, 0) is 4.79 Å². The van der Waals surface area contributed by atoms with E-state index >= 15 is 0 Å². The number of hydrogen-bond acceptors (Lipinski definition) is 3. The van der Waals surface area contributed by atoms with Crippen molar-refractivity contribution in [1.82, 2.24) is 10.2 Å². The maximum absolute atomic E-state index is 12.0. The zero-order chi connectivity index (χ0) is 16.8. The largest absolute Gasteiger partial charge is 0.492 e. The van der Waals surface area contributed by atoms with E-state index in [1.807, 2.05) is 36.4 Å². The average Bonchev–Trinajstić information content (AvgIpc) is 2.79. The summed E-state index contributed by atoms with van der Waals surface area (Å²) in [6.45, 7) is 4.98. The second-order valence-electron chi connectivity index (χ2n) is 6.13. The molecule has 4 nitrogen and oxygen atoms in total. The first-order valence-electron chi connectivity index (χ1n) is 8.48. The monoisotopic (exact) mass is 324 g/mol. The Hall–Kier alpha value is -2.33. The number of aryl methyl sites for hydroxylation is 1. The summed E-state index contributed by atoms with van der Waals surface area (Å²) in [6.07, 6.45) is 0.494. The first kappa shape index (κ1) is 16.5. The molecule has 1 aliphatic rings. The molecule has 0 aromatic heterocycles. The van der Waals surface area contributed by atoms with Crippen LogP contribution in [0.5, 0.6) is 5.75 Å². The van der Waals surface area contributed by atoms with Crippen molar-refractivity contribution in [3.05, 3.63) is 65.7 Å². The number of amides is 1. The molecular formula is C20H24N2O2. The van der Waals surface area contributed by atoms with Gasteiger partial charge in [0.1, 0.15) is 12.4 Å². The van der Waals surface area contributed by atoms with Crippen LogP contribution in [0.25, 0.3) is 0 Å². The lowest BCUT2D eigenvalue weighted by molar-refractivity contribution is -0.121. The number of hydrogen-bond donors (Lipinski definition) is 1. The molecule has 2 aromatic carbocycles. The minimum atomic E-state index is 0.106. The van der Waals surface area contributed by atoms with Crippen molar-refractivity contribution >= 4 is 5.91 Å². The molecule has 1 saturated heterocycles. The molecule has 0 radical (unpaired) electrons. The van der Waals surface area contributed by atoms with Gasteiger partial charge in [0, 0.05) is 32.1 Å². The number of carbonyl (C=O) groups is 1. The number of nitrogens with one attached hydrogen (secondary N) is 1. The van der Waals surface area contributed by atoms with Gasteiger partial charge in [0.05, 0.1) is 0 Å². The van der Waals surface area contributed by atoms with Crippen molar-refractivity contribution in [3.8, 4) is 5.75 Å². The summed E-state index contributed by atoms with van der Waals surface area (Å²) < 4.78 is 5.94. The molecule has 1 aliphatic heterocycles. The Kier molecular flexibility index (Phi) is 5.49. The molecule has 0 saturated carbocycles. The summed E-state index contributed by atoms with van der Waals surface area (Å²) in [4.78, 5) is 14.3.